The zero-order chi connectivity index (χ0) is 16.9. The van der Waals surface area contributed by atoms with E-state index in [2.05, 4.69) is 22.4 Å². The summed E-state index contributed by atoms with van der Waals surface area (Å²) in [5.74, 6) is -0.165. The lowest BCUT2D eigenvalue weighted by atomic mass is 10.1. The van der Waals surface area contributed by atoms with Gasteiger partial charge in [-0.2, -0.15) is 0 Å². The van der Waals surface area contributed by atoms with Crippen LogP contribution in [-0.2, 0) is 17.8 Å². The maximum atomic E-state index is 12.6. The van der Waals surface area contributed by atoms with Crippen molar-refractivity contribution in [2.75, 3.05) is 5.32 Å². The van der Waals surface area contributed by atoms with Gasteiger partial charge in [0.15, 0.2) is 0 Å². The summed E-state index contributed by atoms with van der Waals surface area (Å²) in [6.45, 7) is 2.05. The van der Waals surface area contributed by atoms with Crippen LogP contribution in [0.4, 0.5) is 5.69 Å². The van der Waals surface area contributed by atoms with Gasteiger partial charge in [-0.1, -0.05) is 30.3 Å². The number of carbonyl (C=O) groups is 1. The van der Waals surface area contributed by atoms with Crippen molar-refractivity contribution in [2.24, 2.45) is 0 Å². The van der Waals surface area contributed by atoms with Crippen molar-refractivity contribution < 1.29 is 4.79 Å². The fourth-order valence-electron chi connectivity index (χ4n) is 2.70. The molecule has 0 saturated heterocycles. The average molecular weight is 321 g/mol. The number of nitrogens with zero attached hydrogens (tertiary/aromatic N) is 2. The van der Waals surface area contributed by atoms with Gasteiger partial charge in [0.1, 0.15) is 0 Å². The number of aryl methyl sites for hydroxylation is 2. The summed E-state index contributed by atoms with van der Waals surface area (Å²) in [7, 11) is 0. The normalized spacial score (nSPS) is 10.7. The molecule has 1 heterocycles. The van der Waals surface area contributed by atoms with Crippen LogP contribution in [0.5, 0.6) is 0 Å². The summed E-state index contributed by atoms with van der Waals surface area (Å²) in [4.78, 5) is 28.1. The molecule has 0 aliphatic carbocycles. The van der Waals surface area contributed by atoms with Crippen molar-refractivity contribution in [2.45, 2.75) is 26.3 Å². The van der Waals surface area contributed by atoms with Crippen LogP contribution in [0.1, 0.15) is 18.9 Å². The first-order valence-corrected chi connectivity index (χ1v) is 7.94. The van der Waals surface area contributed by atoms with Crippen LogP contribution in [0.25, 0.3) is 10.9 Å². The standard InChI is InChI=1S/C19H19N3O2/c1-14(23)21-16-9-10-18-17(12-16)19(24)22(13-20-18)11-5-8-15-6-3-2-4-7-15/h2-4,6-7,9-10,12-13H,5,8,11H2,1H3,(H,21,23). The van der Waals surface area contributed by atoms with Gasteiger partial charge < -0.3 is 5.32 Å². The molecule has 0 aliphatic heterocycles. The van der Waals surface area contributed by atoms with Crippen molar-refractivity contribution in [1.29, 1.82) is 0 Å². The Labute approximate surface area is 140 Å². The maximum absolute atomic E-state index is 12.6. The summed E-state index contributed by atoms with van der Waals surface area (Å²) < 4.78 is 1.63. The summed E-state index contributed by atoms with van der Waals surface area (Å²) in [5, 5.41) is 3.21. The molecule has 5 nitrogen and oxygen atoms in total. The number of carbonyl (C=O) groups excluding carboxylic acids is 1. The number of hydrogen-bond donors (Lipinski definition) is 1. The maximum Gasteiger partial charge on any atom is 0.261 e. The first-order valence-electron chi connectivity index (χ1n) is 7.94. The van der Waals surface area contributed by atoms with E-state index in [4.69, 9.17) is 0 Å². The fraction of sp³-hybridized carbons (Fsp3) is 0.211. The summed E-state index contributed by atoms with van der Waals surface area (Å²) in [6, 6.07) is 15.4. The monoisotopic (exact) mass is 321 g/mol. The SMILES string of the molecule is CC(=O)Nc1ccc2ncn(CCCc3ccccc3)c(=O)c2c1. The van der Waals surface area contributed by atoms with Crippen molar-refractivity contribution in [1.82, 2.24) is 9.55 Å². The molecule has 0 radical (unpaired) electrons. The fourth-order valence-corrected chi connectivity index (χ4v) is 2.70. The zero-order valence-electron chi connectivity index (χ0n) is 13.5. The van der Waals surface area contributed by atoms with Gasteiger partial charge in [-0.15, -0.1) is 0 Å². The van der Waals surface area contributed by atoms with Crippen LogP contribution in [-0.4, -0.2) is 15.5 Å². The summed E-state index contributed by atoms with van der Waals surface area (Å²) in [6.07, 6.45) is 3.37. The van der Waals surface area contributed by atoms with Gasteiger partial charge in [0.05, 0.1) is 17.2 Å². The number of amides is 1. The summed E-state index contributed by atoms with van der Waals surface area (Å²) >= 11 is 0. The number of anilines is 1. The Morgan fingerprint density at radius 1 is 1.17 bits per heavy atom. The smallest absolute Gasteiger partial charge is 0.261 e. The third-order valence-electron chi connectivity index (χ3n) is 3.85. The second-order valence-electron chi connectivity index (χ2n) is 5.75. The molecule has 0 fully saturated rings. The predicted molar refractivity (Wildman–Crippen MR) is 95.1 cm³/mol. The van der Waals surface area contributed by atoms with E-state index >= 15 is 0 Å². The van der Waals surface area contributed by atoms with Crippen molar-refractivity contribution >= 4 is 22.5 Å². The Balaban J connectivity index is 1.79. The average Bonchev–Trinajstić information content (AvgIpc) is 2.58. The quantitative estimate of drug-likeness (QED) is 0.786. The minimum Gasteiger partial charge on any atom is -0.326 e. The highest BCUT2D eigenvalue weighted by molar-refractivity contribution is 5.91. The number of hydrogen-bond acceptors (Lipinski definition) is 3. The Kier molecular flexibility index (Phi) is 4.70. The zero-order valence-corrected chi connectivity index (χ0v) is 13.5. The van der Waals surface area contributed by atoms with Gasteiger partial charge in [0.2, 0.25) is 5.91 Å². The molecular weight excluding hydrogens is 302 g/mol. The van der Waals surface area contributed by atoms with Crippen LogP contribution in [0.15, 0.2) is 59.7 Å². The highest BCUT2D eigenvalue weighted by atomic mass is 16.1. The Morgan fingerprint density at radius 2 is 1.96 bits per heavy atom. The number of benzene rings is 2. The van der Waals surface area contributed by atoms with E-state index in [1.165, 1.54) is 12.5 Å². The second-order valence-corrected chi connectivity index (χ2v) is 5.75. The van der Waals surface area contributed by atoms with Crippen LogP contribution in [0.3, 0.4) is 0 Å². The van der Waals surface area contributed by atoms with Gasteiger partial charge in [-0.05, 0) is 36.6 Å². The Morgan fingerprint density at radius 3 is 2.71 bits per heavy atom. The largest absolute Gasteiger partial charge is 0.326 e. The van der Waals surface area contributed by atoms with E-state index in [-0.39, 0.29) is 11.5 Å². The van der Waals surface area contributed by atoms with E-state index in [0.717, 1.165) is 12.8 Å². The second kappa shape index (κ2) is 7.08. The summed E-state index contributed by atoms with van der Waals surface area (Å²) in [5.41, 5.74) is 2.41. The number of nitrogens with one attached hydrogen (secondary N) is 1. The molecule has 3 aromatic rings. The molecule has 2 aromatic carbocycles. The molecule has 24 heavy (non-hydrogen) atoms. The molecule has 0 unspecified atom stereocenters. The van der Waals surface area contributed by atoms with Crippen molar-refractivity contribution in [3.05, 3.63) is 70.8 Å². The molecule has 1 amide bonds. The number of rotatable bonds is 5. The van der Waals surface area contributed by atoms with Crippen molar-refractivity contribution in [3.63, 3.8) is 0 Å². The van der Waals surface area contributed by atoms with Gasteiger partial charge in [0.25, 0.3) is 5.56 Å². The first-order chi connectivity index (χ1) is 11.6. The Bertz CT molecular complexity index is 917. The van der Waals surface area contributed by atoms with Crippen LogP contribution in [0.2, 0.25) is 0 Å². The topological polar surface area (TPSA) is 64.0 Å². The number of fused-ring (bicyclic) bond motifs is 1. The molecular formula is C19H19N3O2. The molecule has 5 heteroatoms. The molecule has 1 N–H and O–H groups in total. The Hall–Kier alpha value is -2.95. The molecule has 0 bridgehead atoms. The highest BCUT2D eigenvalue weighted by Crippen LogP contribution is 2.14. The van der Waals surface area contributed by atoms with Crippen LogP contribution in [0, 0.1) is 0 Å². The third kappa shape index (κ3) is 3.68. The lowest BCUT2D eigenvalue weighted by Gasteiger charge is -2.08. The van der Waals surface area contributed by atoms with E-state index in [1.54, 1.807) is 29.1 Å². The molecule has 0 aliphatic rings. The van der Waals surface area contributed by atoms with E-state index < -0.39 is 0 Å². The molecule has 3 rings (SSSR count). The molecule has 0 atom stereocenters. The van der Waals surface area contributed by atoms with Crippen LogP contribution >= 0.6 is 0 Å². The van der Waals surface area contributed by atoms with Gasteiger partial charge in [0, 0.05) is 19.2 Å². The molecule has 0 spiro atoms. The number of aromatic nitrogens is 2. The molecule has 0 saturated carbocycles. The van der Waals surface area contributed by atoms with Gasteiger partial charge in [-0.25, -0.2) is 4.98 Å². The van der Waals surface area contributed by atoms with E-state index in [0.29, 0.717) is 23.1 Å². The van der Waals surface area contributed by atoms with Crippen molar-refractivity contribution in [3.8, 4) is 0 Å². The van der Waals surface area contributed by atoms with E-state index in [9.17, 15) is 9.59 Å². The lowest BCUT2D eigenvalue weighted by Crippen LogP contribution is -2.21. The molecule has 1 aromatic heterocycles. The highest BCUT2D eigenvalue weighted by Gasteiger charge is 2.06. The van der Waals surface area contributed by atoms with Gasteiger partial charge in [-0.3, -0.25) is 14.2 Å². The minimum absolute atomic E-state index is 0.0831. The molecule has 122 valence electrons. The van der Waals surface area contributed by atoms with Crippen LogP contribution < -0.4 is 10.9 Å². The van der Waals surface area contributed by atoms with Gasteiger partial charge >= 0.3 is 0 Å². The minimum atomic E-state index is -0.165. The first kappa shape index (κ1) is 15.9. The lowest BCUT2D eigenvalue weighted by molar-refractivity contribution is -0.114. The van der Waals surface area contributed by atoms with E-state index in [1.807, 2.05) is 18.2 Å². The predicted octanol–water partition coefficient (Wildman–Crippen LogP) is 2.99. The third-order valence-corrected chi connectivity index (χ3v) is 3.85.